The maximum absolute atomic E-state index is 13.2. The van der Waals surface area contributed by atoms with E-state index in [1.54, 1.807) is 19.1 Å². The normalized spacial score (nSPS) is 12.3. The van der Waals surface area contributed by atoms with Gasteiger partial charge in [0, 0.05) is 18.2 Å². The van der Waals surface area contributed by atoms with Crippen LogP contribution < -0.4 is 10.0 Å². The lowest BCUT2D eigenvalue weighted by Crippen LogP contribution is -2.27. The minimum atomic E-state index is -3.82. The highest BCUT2D eigenvalue weighted by atomic mass is 32.2. The van der Waals surface area contributed by atoms with Crippen molar-refractivity contribution in [3.63, 3.8) is 0 Å². The van der Waals surface area contributed by atoms with Crippen molar-refractivity contribution in [2.75, 3.05) is 0 Å². The topological polar surface area (TPSA) is 75.3 Å². The lowest BCUT2D eigenvalue weighted by Gasteiger charge is -2.15. The molecule has 0 saturated carbocycles. The van der Waals surface area contributed by atoms with E-state index in [0.29, 0.717) is 5.56 Å². The van der Waals surface area contributed by atoms with Crippen LogP contribution in [0.15, 0.2) is 83.8 Å². The van der Waals surface area contributed by atoms with Gasteiger partial charge in [-0.15, -0.1) is 0 Å². The second-order valence-electron chi connectivity index (χ2n) is 6.59. The van der Waals surface area contributed by atoms with E-state index in [0.717, 1.165) is 5.56 Å². The van der Waals surface area contributed by atoms with Crippen LogP contribution in [0, 0.1) is 5.82 Å². The summed E-state index contributed by atoms with van der Waals surface area (Å²) < 4.78 is 41.3. The summed E-state index contributed by atoms with van der Waals surface area (Å²) in [7, 11) is -3.82. The quantitative estimate of drug-likeness (QED) is 0.620. The SMILES string of the molecule is CC(NS(=O)(=O)c1cccc(C(=O)NCc2cccc(F)c2)c1)c1ccccc1. The number of carbonyl (C=O) groups is 1. The fourth-order valence-electron chi connectivity index (χ4n) is 2.85. The van der Waals surface area contributed by atoms with Gasteiger partial charge in [0.25, 0.3) is 5.91 Å². The summed E-state index contributed by atoms with van der Waals surface area (Å²) in [6.07, 6.45) is 0. The van der Waals surface area contributed by atoms with Crippen LogP contribution in [0.25, 0.3) is 0 Å². The van der Waals surface area contributed by atoms with Crippen molar-refractivity contribution in [1.82, 2.24) is 10.0 Å². The smallest absolute Gasteiger partial charge is 0.251 e. The van der Waals surface area contributed by atoms with E-state index in [2.05, 4.69) is 10.0 Å². The summed E-state index contributed by atoms with van der Waals surface area (Å²) in [6, 6.07) is 20.5. The first-order valence-electron chi connectivity index (χ1n) is 9.05. The van der Waals surface area contributed by atoms with E-state index in [9.17, 15) is 17.6 Å². The van der Waals surface area contributed by atoms with Crippen molar-refractivity contribution in [3.8, 4) is 0 Å². The van der Waals surface area contributed by atoms with E-state index in [1.807, 2.05) is 30.3 Å². The number of rotatable bonds is 7. The average Bonchev–Trinajstić information content (AvgIpc) is 2.72. The summed E-state index contributed by atoms with van der Waals surface area (Å²) in [5.41, 5.74) is 1.65. The molecule has 1 amide bonds. The summed E-state index contributed by atoms with van der Waals surface area (Å²) >= 11 is 0. The minimum absolute atomic E-state index is 0.00122. The van der Waals surface area contributed by atoms with Gasteiger partial charge < -0.3 is 5.32 Å². The number of carbonyl (C=O) groups excluding carboxylic acids is 1. The van der Waals surface area contributed by atoms with Crippen LogP contribution in [-0.2, 0) is 16.6 Å². The average molecular weight is 412 g/mol. The summed E-state index contributed by atoms with van der Waals surface area (Å²) in [4.78, 5) is 12.4. The molecule has 150 valence electrons. The predicted molar refractivity (Wildman–Crippen MR) is 109 cm³/mol. The second kappa shape index (κ2) is 8.98. The molecule has 29 heavy (non-hydrogen) atoms. The first kappa shape index (κ1) is 20.7. The number of sulfonamides is 1. The highest BCUT2D eigenvalue weighted by molar-refractivity contribution is 7.89. The third-order valence-corrected chi connectivity index (χ3v) is 5.92. The molecule has 0 heterocycles. The molecule has 5 nitrogen and oxygen atoms in total. The number of nitrogens with one attached hydrogen (secondary N) is 2. The first-order chi connectivity index (χ1) is 13.8. The van der Waals surface area contributed by atoms with Gasteiger partial charge >= 0.3 is 0 Å². The standard InChI is InChI=1S/C22H21FN2O3S/c1-16(18-8-3-2-4-9-18)25-29(27,28)21-12-6-10-19(14-21)22(26)24-15-17-7-5-11-20(23)13-17/h2-14,16,25H,15H2,1H3,(H,24,26). The van der Waals surface area contributed by atoms with Crippen LogP contribution >= 0.6 is 0 Å². The molecular weight excluding hydrogens is 391 g/mol. The number of hydrogen-bond donors (Lipinski definition) is 2. The third kappa shape index (κ3) is 5.49. The highest BCUT2D eigenvalue weighted by Gasteiger charge is 2.19. The van der Waals surface area contributed by atoms with E-state index in [-0.39, 0.29) is 22.8 Å². The lowest BCUT2D eigenvalue weighted by molar-refractivity contribution is 0.0950. The van der Waals surface area contributed by atoms with E-state index in [1.165, 1.54) is 36.4 Å². The summed E-state index contributed by atoms with van der Waals surface area (Å²) in [5.74, 6) is -0.828. The van der Waals surface area contributed by atoms with E-state index < -0.39 is 22.0 Å². The Balaban J connectivity index is 1.71. The van der Waals surface area contributed by atoms with Gasteiger partial charge in [-0.1, -0.05) is 48.5 Å². The van der Waals surface area contributed by atoms with Gasteiger partial charge in [0.2, 0.25) is 10.0 Å². The summed E-state index contributed by atoms with van der Waals surface area (Å²) in [6.45, 7) is 1.89. The molecule has 0 fully saturated rings. The summed E-state index contributed by atoms with van der Waals surface area (Å²) in [5, 5.41) is 2.67. The predicted octanol–water partition coefficient (Wildman–Crippen LogP) is 3.80. The van der Waals surface area contributed by atoms with Crippen LogP contribution in [0.1, 0.15) is 34.5 Å². The molecule has 0 aliphatic heterocycles. The number of halogens is 1. The molecule has 7 heteroatoms. The molecule has 3 rings (SSSR count). The zero-order valence-corrected chi connectivity index (χ0v) is 16.6. The molecule has 1 unspecified atom stereocenters. The van der Waals surface area contributed by atoms with E-state index in [4.69, 9.17) is 0 Å². The van der Waals surface area contributed by atoms with Crippen LogP contribution in [0.4, 0.5) is 4.39 Å². The molecule has 0 bridgehead atoms. The van der Waals surface area contributed by atoms with Crippen molar-refractivity contribution in [2.45, 2.75) is 24.4 Å². The molecule has 3 aromatic carbocycles. The van der Waals surface area contributed by atoms with Crippen molar-refractivity contribution in [3.05, 3.63) is 101 Å². The molecule has 3 aromatic rings. The second-order valence-corrected chi connectivity index (χ2v) is 8.31. The molecule has 0 aromatic heterocycles. The highest BCUT2D eigenvalue weighted by Crippen LogP contribution is 2.18. The fourth-order valence-corrected chi connectivity index (χ4v) is 4.12. The largest absolute Gasteiger partial charge is 0.348 e. The van der Waals surface area contributed by atoms with Crippen molar-refractivity contribution >= 4 is 15.9 Å². The number of amides is 1. The Morgan fingerprint density at radius 2 is 1.69 bits per heavy atom. The Morgan fingerprint density at radius 3 is 2.41 bits per heavy atom. The molecular formula is C22H21FN2O3S. The Bertz CT molecular complexity index is 1100. The number of hydrogen-bond acceptors (Lipinski definition) is 3. The molecule has 1 atom stereocenters. The van der Waals surface area contributed by atoms with Gasteiger partial charge in [0.05, 0.1) is 4.90 Å². The van der Waals surface area contributed by atoms with Crippen molar-refractivity contribution < 1.29 is 17.6 Å². The Kier molecular flexibility index (Phi) is 6.41. The van der Waals surface area contributed by atoms with Crippen LogP contribution in [0.3, 0.4) is 0 Å². The Hall–Kier alpha value is -3.03. The molecule has 0 aliphatic carbocycles. The fraction of sp³-hybridized carbons (Fsp3) is 0.136. The zero-order valence-electron chi connectivity index (χ0n) is 15.8. The maximum Gasteiger partial charge on any atom is 0.251 e. The van der Waals surface area contributed by atoms with Gasteiger partial charge in [-0.05, 0) is 48.4 Å². The van der Waals surface area contributed by atoms with Crippen molar-refractivity contribution in [1.29, 1.82) is 0 Å². The lowest BCUT2D eigenvalue weighted by atomic mass is 10.1. The van der Waals surface area contributed by atoms with Crippen LogP contribution in [0.2, 0.25) is 0 Å². The van der Waals surface area contributed by atoms with Gasteiger partial charge in [0.15, 0.2) is 0 Å². The van der Waals surface area contributed by atoms with Gasteiger partial charge in [-0.2, -0.15) is 0 Å². The third-order valence-electron chi connectivity index (χ3n) is 4.38. The molecule has 2 N–H and O–H groups in total. The Morgan fingerprint density at radius 1 is 0.966 bits per heavy atom. The number of benzene rings is 3. The molecule has 0 aliphatic rings. The Labute approximate surface area is 169 Å². The monoisotopic (exact) mass is 412 g/mol. The first-order valence-corrected chi connectivity index (χ1v) is 10.5. The zero-order chi connectivity index (χ0) is 20.9. The van der Waals surface area contributed by atoms with Gasteiger partial charge in [-0.3, -0.25) is 4.79 Å². The molecule has 0 radical (unpaired) electrons. The van der Waals surface area contributed by atoms with Gasteiger partial charge in [-0.25, -0.2) is 17.5 Å². The maximum atomic E-state index is 13.2. The molecule has 0 saturated heterocycles. The molecule has 0 spiro atoms. The van der Waals surface area contributed by atoms with Crippen LogP contribution in [-0.4, -0.2) is 14.3 Å². The van der Waals surface area contributed by atoms with Crippen LogP contribution in [0.5, 0.6) is 0 Å². The van der Waals surface area contributed by atoms with Gasteiger partial charge in [0.1, 0.15) is 5.82 Å². The van der Waals surface area contributed by atoms with Crippen molar-refractivity contribution in [2.24, 2.45) is 0 Å². The minimum Gasteiger partial charge on any atom is -0.348 e. The van der Waals surface area contributed by atoms with E-state index >= 15 is 0 Å².